The predicted octanol–water partition coefficient (Wildman–Crippen LogP) is 2.93. The molecule has 66 valence electrons. The van der Waals surface area contributed by atoms with E-state index >= 15 is 0 Å². The highest BCUT2D eigenvalue weighted by atomic mass is 32.2. The number of nitrogens with zero attached hydrogens (tertiary/aromatic N) is 1. The monoisotopic (exact) mass is 183 g/mol. The van der Waals surface area contributed by atoms with Gasteiger partial charge in [0, 0.05) is 6.20 Å². The molecular weight excluding hydrogens is 170 g/mol. The summed E-state index contributed by atoms with van der Waals surface area (Å²) in [7, 11) is 0. The number of hydrogen-bond acceptors (Lipinski definition) is 3. The largest absolute Gasteiger partial charge is 0.488 e. The third kappa shape index (κ3) is 3.13. The number of allylic oxidation sites excluding steroid dienone is 1. The fourth-order valence-corrected chi connectivity index (χ4v) is 1.65. The Balaban J connectivity index is 2.34. The molecule has 0 fully saturated rings. The molecule has 1 aliphatic rings. The van der Waals surface area contributed by atoms with E-state index in [4.69, 9.17) is 4.74 Å². The maximum Gasteiger partial charge on any atom is 0.151 e. The van der Waals surface area contributed by atoms with Gasteiger partial charge in [-0.05, 0) is 38.1 Å². The summed E-state index contributed by atoms with van der Waals surface area (Å²) in [6.45, 7) is 6.40. The van der Waals surface area contributed by atoms with Gasteiger partial charge in [-0.25, -0.2) is 0 Å². The van der Waals surface area contributed by atoms with Crippen molar-refractivity contribution in [3.05, 3.63) is 23.9 Å². The van der Waals surface area contributed by atoms with Crippen LogP contribution in [0.2, 0.25) is 0 Å². The second kappa shape index (κ2) is 5.04. The van der Waals surface area contributed by atoms with Gasteiger partial charge >= 0.3 is 0 Å². The van der Waals surface area contributed by atoms with Gasteiger partial charge in [-0.15, -0.1) is 0 Å². The van der Waals surface area contributed by atoms with E-state index in [1.165, 1.54) is 11.8 Å². The summed E-state index contributed by atoms with van der Waals surface area (Å²) in [5.41, 5.74) is 0. The first-order valence-corrected chi connectivity index (χ1v) is 4.86. The van der Waals surface area contributed by atoms with Crippen LogP contribution < -0.4 is 0 Å². The first kappa shape index (κ1) is 9.39. The summed E-state index contributed by atoms with van der Waals surface area (Å²) in [5, 5.41) is 1.84. The molecule has 2 nitrogen and oxygen atoms in total. The summed E-state index contributed by atoms with van der Waals surface area (Å²) in [6.07, 6.45) is 5.98. The minimum Gasteiger partial charge on any atom is -0.488 e. The number of rotatable bonds is 3. The molecule has 1 heterocycles. The molecule has 0 unspecified atom stereocenters. The molecule has 0 bridgehead atoms. The minimum atomic E-state index is 0.676. The topological polar surface area (TPSA) is 21.6 Å². The van der Waals surface area contributed by atoms with Gasteiger partial charge in [0.25, 0.3) is 0 Å². The zero-order chi connectivity index (χ0) is 8.81. The lowest BCUT2D eigenvalue weighted by Gasteiger charge is -2.08. The molecule has 1 aliphatic heterocycles. The Kier molecular flexibility index (Phi) is 3.94. The molecule has 0 N–H and O–H groups in total. The molecule has 0 atom stereocenters. The number of aliphatic imine (C=N–C) groups is 1. The lowest BCUT2D eigenvalue weighted by Crippen LogP contribution is -1.96. The van der Waals surface area contributed by atoms with E-state index < -0.39 is 0 Å². The molecule has 12 heavy (non-hydrogen) atoms. The molecule has 0 amide bonds. The Morgan fingerprint density at radius 2 is 2.67 bits per heavy atom. The van der Waals surface area contributed by atoms with Crippen LogP contribution >= 0.6 is 11.8 Å². The van der Waals surface area contributed by atoms with Crippen molar-refractivity contribution < 1.29 is 4.74 Å². The standard InChI is InChI=1S/C9H13NOS/c1-3-11-8(2)12-9-6-4-5-7-10-9/h5,7H,2-4,6H2,1H3. The van der Waals surface area contributed by atoms with E-state index in [0.29, 0.717) is 6.61 Å². The Labute approximate surface area is 77.4 Å². The van der Waals surface area contributed by atoms with Crippen molar-refractivity contribution >= 4 is 16.8 Å². The van der Waals surface area contributed by atoms with Crippen molar-refractivity contribution in [3.8, 4) is 0 Å². The predicted molar refractivity (Wildman–Crippen MR) is 54.2 cm³/mol. The molecule has 1 rings (SSSR count). The van der Waals surface area contributed by atoms with Crippen LogP contribution in [-0.2, 0) is 4.74 Å². The Bertz CT molecular complexity index is 221. The smallest absolute Gasteiger partial charge is 0.151 e. The van der Waals surface area contributed by atoms with Crippen LogP contribution in [0, 0.1) is 0 Å². The van der Waals surface area contributed by atoms with Crippen LogP contribution in [0.5, 0.6) is 0 Å². The van der Waals surface area contributed by atoms with Gasteiger partial charge in [0.2, 0.25) is 0 Å². The summed E-state index contributed by atoms with van der Waals surface area (Å²) in [6, 6.07) is 0. The van der Waals surface area contributed by atoms with Gasteiger partial charge in [-0.2, -0.15) is 0 Å². The molecule has 0 aliphatic carbocycles. The van der Waals surface area contributed by atoms with Gasteiger partial charge in [0.15, 0.2) is 5.09 Å². The van der Waals surface area contributed by atoms with E-state index in [-0.39, 0.29) is 0 Å². The zero-order valence-corrected chi connectivity index (χ0v) is 8.06. The van der Waals surface area contributed by atoms with Gasteiger partial charge < -0.3 is 4.74 Å². The molecular formula is C9H13NOS. The van der Waals surface area contributed by atoms with Crippen LogP contribution in [-0.4, -0.2) is 11.7 Å². The lowest BCUT2D eigenvalue weighted by atomic mass is 10.3. The normalized spacial score (nSPS) is 15.6. The maximum absolute atomic E-state index is 5.21. The fraction of sp³-hybridized carbons (Fsp3) is 0.444. The third-order valence-electron chi connectivity index (χ3n) is 1.39. The lowest BCUT2D eigenvalue weighted by molar-refractivity contribution is 0.259. The van der Waals surface area contributed by atoms with Crippen molar-refractivity contribution in [1.29, 1.82) is 0 Å². The van der Waals surface area contributed by atoms with Crippen LogP contribution in [0.1, 0.15) is 19.8 Å². The fourth-order valence-electron chi connectivity index (χ4n) is 0.881. The van der Waals surface area contributed by atoms with Crippen LogP contribution in [0.3, 0.4) is 0 Å². The first-order chi connectivity index (χ1) is 5.83. The van der Waals surface area contributed by atoms with E-state index in [9.17, 15) is 0 Å². The van der Waals surface area contributed by atoms with Crippen LogP contribution in [0.25, 0.3) is 0 Å². The number of ether oxygens (including phenoxy) is 1. The first-order valence-electron chi connectivity index (χ1n) is 4.04. The van der Waals surface area contributed by atoms with E-state index in [0.717, 1.165) is 23.0 Å². The molecule has 0 aromatic heterocycles. The summed E-state index contributed by atoms with van der Waals surface area (Å²) in [5.74, 6) is 0. The number of thioether (sulfide) groups is 1. The zero-order valence-electron chi connectivity index (χ0n) is 7.25. The van der Waals surface area contributed by atoms with Gasteiger partial charge in [0.05, 0.1) is 11.7 Å². The molecule has 0 saturated carbocycles. The van der Waals surface area contributed by atoms with Crippen LogP contribution in [0.4, 0.5) is 0 Å². The summed E-state index contributed by atoms with van der Waals surface area (Å²) >= 11 is 1.53. The molecule has 0 aromatic carbocycles. The second-order valence-corrected chi connectivity index (χ2v) is 3.48. The second-order valence-electron chi connectivity index (χ2n) is 2.35. The van der Waals surface area contributed by atoms with Crippen molar-refractivity contribution in [2.75, 3.05) is 6.61 Å². The van der Waals surface area contributed by atoms with Gasteiger partial charge in [0.1, 0.15) is 0 Å². The molecule has 0 aromatic rings. The average Bonchev–Trinajstić information content (AvgIpc) is 2.06. The number of hydrogen-bond donors (Lipinski definition) is 0. The summed E-state index contributed by atoms with van der Waals surface area (Å²) in [4.78, 5) is 4.21. The van der Waals surface area contributed by atoms with E-state index in [2.05, 4.69) is 17.6 Å². The third-order valence-corrected chi connectivity index (χ3v) is 2.28. The highest BCUT2D eigenvalue weighted by Crippen LogP contribution is 2.21. The molecule has 0 radical (unpaired) electrons. The quantitative estimate of drug-likeness (QED) is 0.627. The Hall–Kier alpha value is -0.700. The Morgan fingerprint density at radius 3 is 3.25 bits per heavy atom. The average molecular weight is 183 g/mol. The molecule has 0 saturated heterocycles. The molecule has 0 spiro atoms. The highest BCUT2D eigenvalue weighted by molar-refractivity contribution is 8.17. The van der Waals surface area contributed by atoms with Crippen molar-refractivity contribution in [1.82, 2.24) is 0 Å². The highest BCUT2D eigenvalue weighted by Gasteiger charge is 2.04. The van der Waals surface area contributed by atoms with E-state index in [1.807, 2.05) is 13.1 Å². The van der Waals surface area contributed by atoms with E-state index in [1.54, 1.807) is 0 Å². The van der Waals surface area contributed by atoms with Crippen molar-refractivity contribution in [3.63, 3.8) is 0 Å². The maximum atomic E-state index is 5.21. The SMILES string of the molecule is C=C(OCC)SC1=NC=CCC1. The summed E-state index contributed by atoms with van der Waals surface area (Å²) < 4.78 is 5.21. The van der Waals surface area contributed by atoms with Gasteiger partial charge in [-0.3, -0.25) is 4.99 Å². The van der Waals surface area contributed by atoms with Crippen LogP contribution in [0.15, 0.2) is 28.9 Å². The van der Waals surface area contributed by atoms with Gasteiger partial charge in [-0.1, -0.05) is 6.08 Å². The minimum absolute atomic E-state index is 0.676. The van der Waals surface area contributed by atoms with Crippen molar-refractivity contribution in [2.45, 2.75) is 19.8 Å². The molecule has 3 heteroatoms. The van der Waals surface area contributed by atoms with Crippen molar-refractivity contribution in [2.24, 2.45) is 4.99 Å². The Morgan fingerprint density at radius 1 is 1.83 bits per heavy atom.